The van der Waals surface area contributed by atoms with E-state index in [0.29, 0.717) is 5.69 Å². The first kappa shape index (κ1) is 11.1. The average Bonchev–Trinajstić information content (AvgIpc) is 2.76. The molecule has 16 heavy (non-hydrogen) atoms. The fourth-order valence-corrected chi connectivity index (χ4v) is 1.90. The third kappa shape index (κ3) is 2.23. The van der Waals surface area contributed by atoms with Crippen molar-refractivity contribution in [2.45, 2.75) is 12.5 Å². The average molecular weight is 241 g/mol. The number of nitrogens with zero attached hydrogens (tertiary/aromatic N) is 2. The number of benzene rings is 1. The van der Waals surface area contributed by atoms with E-state index in [4.69, 9.17) is 5.73 Å². The molecule has 2 N–H and O–H groups in total. The highest BCUT2D eigenvalue weighted by atomic mass is 32.1. The molecule has 0 bridgehead atoms. The van der Waals surface area contributed by atoms with Gasteiger partial charge in [0.05, 0.1) is 11.7 Å². The molecule has 1 aromatic heterocycles. The van der Waals surface area contributed by atoms with Gasteiger partial charge in [-0.3, -0.25) is 0 Å². The number of hydrogen-bond donors (Lipinski definition) is 1. The summed E-state index contributed by atoms with van der Waals surface area (Å²) >= 11 is 1.16. The van der Waals surface area contributed by atoms with Crippen molar-refractivity contribution in [3.8, 4) is 0 Å². The van der Waals surface area contributed by atoms with E-state index >= 15 is 0 Å². The van der Waals surface area contributed by atoms with Crippen molar-refractivity contribution in [1.82, 2.24) is 9.59 Å². The number of hydrogen-bond acceptors (Lipinski definition) is 4. The molecular formula is C10H9F2N3S. The van der Waals surface area contributed by atoms with E-state index in [1.165, 1.54) is 18.2 Å². The Hall–Kier alpha value is -1.40. The molecule has 1 heterocycles. The molecule has 0 aliphatic carbocycles. The Morgan fingerprint density at radius 2 is 2.00 bits per heavy atom. The van der Waals surface area contributed by atoms with Gasteiger partial charge in [-0.1, -0.05) is 10.6 Å². The van der Waals surface area contributed by atoms with E-state index in [1.54, 1.807) is 5.38 Å². The zero-order valence-corrected chi connectivity index (χ0v) is 9.05. The van der Waals surface area contributed by atoms with Crippen molar-refractivity contribution < 1.29 is 8.78 Å². The molecule has 1 aromatic carbocycles. The molecule has 0 fully saturated rings. The standard InChI is InChI=1S/C10H9F2N3S/c11-7-2-1-3-8(12)6(7)4-9(13)10-5-16-15-14-10/h1-3,5,9H,4,13H2. The van der Waals surface area contributed by atoms with Crippen molar-refractivity contribution >= 4 is 11.5 Å². The maximum atomic E-state index is 13.3. The number of nitrogens with two attached hydrogens (primary N) is 1. The minimum absolute atomic E-state index is 0.0111. The van der Waals surface area contributed by atoms with Crippen LogP contribution in [0.4, 0.5) is 8.78 Å². The first-order chi connectivity index (χ1) is 7.68. The monoisotopic (exact) mass is 241 g/mol. The second-order valence-corrected chi connectivity index (χ2v) is 3.95. The first-order valence-corrected chi connectivity index (χ1v) is 5.47. The van der Waals surface area contributed by atoms with Gasteiger partial charge in [0, 0.05) is 10.9 Å². The van der Waals surface area contributed by atoms with E-state index in [9.17, 15) is 8.78 Å². The minimum Gasteiger partial charge on any atom is -0.322 e. The predicted molar refractivity (Wildman–Crippen MR) is 56.9 cm³/mol. The Bertz CT molecular complexity index is 453. The Kier molecular flexibility index (Phi) is 3.21. The quantitative estimate of drug-likeness (QED) is 0.894. The normalized spacial score (nSPS) is 12.7. The largest absolute Gasteiger partial charge is 0.322 e. The van der Waals surface area contributed by atoms with Crippen LogP contribution in [0.25, 0.3) is 0 Å². The smallest absolute Gasteiger partial charge is 0.129 e. The summed E-state index contributed by atoms with van der Waals surface area (Å²) in [7, 11) is 0. The Morgan fingerprint density at radius 1 is 1.31 bits per heavy atom. The summed E-state index contributed by atoms with van der Waals surface area (Å²) in [5.41, 5.74) is 6.32. The van der Waals surface area contributed by atoms with Crippen LogP contribution in [0.15, 0.2) is 23.6 Å². The van der Waals surface area contributed by atoms with E-state index < -0.39 is 17.7 Å². The molecule has 1 atom stereocenters. The molecule has 0 aliphatic heterocycles. The SMILES string of the molecule is NC(Cc1c(F)cccc1F)c1csnn1. The molecule has 2 rings (SSSR count). The molecule has 84 valence electrons. The molecule has 0 saturated carbocycles. The first-order valence-electron chi connectivity index (χ1n) is 4.64. The van der Waals surface area contributed by atoms with Crippen molar-refractivity contribution in [3.63, 3.8) is 0 Å². The number of aromatic nitrogens is 2. The lowest BCUT2D eigenvalue weighted by Crippen LogP contribution is -2.15. The summed E-state index contributed by atoms with van der Waals surface area (Å²) in [6.45, 7) is 0. The molecule has 1 unspecified atom stereocenters. The van der Waals surface area contributed by atoms with Crippen LogP contribution < -0.4 is 5.73 Å². The maximum absolute atomic E-state index is 13.3. The van der Waals surface area contributed by atoms with Crippen molar-refractivity contribution in [3.05, 3.63) is 46.5 Å². The van der Waals surface area contributed by atoms with Gasteiger partial charge in [-0.15, -0.1) is 5.10 Å². The lowest BCUT2D eigenvalue weighted by Gasteiger charge is -2.09. The van der Waals surface area contributed by atoms with Gasteiger partial charge in [-0.2, -0.15) is 0 Å². The van der Waals surface area contributed by atoms with Crippen molar-refractivity contribution in [2.24, 2.45) is 5.73 Å². The van der Waals surface area contributed by atoms with Crippen LogP contribution in [0, 0.1) is 11.6 Å². The molecule has 0 saturated heterocycles. The number of halogens is 2. The molecule has 0 aliphatic rings. The molecule has 3 nitrogen and oxygen atoms in total. The maximum Gasteiger partial charge on any atom is 0.129 e. The molecule has 2 aromatic rings. The van der Waals surface area contributed by atoms with Crippen LogP contribution >= 0.6 is 11.5 Å². The summed E-state index contributed by atoms with van der Waals surface area (Å²) in [6.07, 6.45) is 0.0733. The van der Waals surface area contributed by atoms with Crippen molar-refractivity contribution in [2.75, 3.05) is 0 Å². The van der Waals surface area contributed by atoms with Gasteiger partial charge in [0.1, 0.15) is 11.6 Å². The highest BCUT2D eigenvalue weighted by molar-refractivity contribution is 7.03. The van der Waals surface area contributed by atoms with Crippen LogP contribution in [-0.4, -0.2) is 9.59 Å². The lowest BCUT2D eigenvalue weighted by molar-refractivity contribution is 0.537. The Morgan fingerprint density at radius 3 is 2.56 bits per heavy atom. The Labute approximate surface area is 95.1 Å². The molecule has 0 amide bonds. The predicted octanol–water partition coefficient (Wildman–Crippen LogP) is 2.06. The minimum atomic E-state index is -0.585. The fraction of sp³-hybridized carbons (Fsp3) is 0.200. The third-order valence-electron chi connectivity index (χ3n) is 2.24. The number of rotatable bonds is 3. The van der Waals surface area contributed by atoms with Gasteiger partial charge in [0.2, 0.25) is 0 Å². The molecular weight excluding hydrogens is 232 g/mol. The van der Waals surface area contributed by atoms with Gasteiger partial charge < -0.3 is 5.73 Å². The second kappa shape index (κ2) is 4.63. The van der Waals surface area contributed by atoms with Gasteiger partial charge in [0.25, 0.3) is 0 Å². The van der Waals surface area contributed by atoms with Gasteiger partial charge in [-0.25, -0.2) is 8.78 Å². The lowest BCUT2D eigenvalue weighted by atomic mass is 10.0. The fourth-order valence-electron chi connectivity index (χ4n) is 1.39. The summed E-state index contributed by atoms with van der Waals surface area (Å²) in [5, 5.41) is 5.44. The van der Waals surface area contributed by atoms with E-state index in [0.717, 1.165) is 11.5 Å². The van der Waals surface area contributed by atoms with E-state index in [-0.39, 0.29) is 12.0 Å². The summed E-state index contributed by atoms with van der Waals surface area (Å²) in [5.74, 6) is -1.17. The summed E-state index contributed by atoms with van der Waals surface area (Å²) < 4.78 is 30.3. The highest BCUT2D eigenvalue weighted by Gasteiger charge is 2.15. The van der Waals surface area contributed by atoms with Gasteiger partial charge >= 0.3 is 0 Å². The summed E-state index contributed by atoms with van der Waals surface area (Å²) in [4.78, 5) is 0. The third-order valence-corrected chi connectivity index (χ3v) is 2.77. The van der Waals surface area contributed by atoms with Gasteiger partial charge in [0.15, 0.2) is 0 Å². The second-order valence-electron chi connectivity index (χ2n) is 3.34. The Balaban J connectivity index is 2.21. The van der Waals surface area contributed by atoms with E-state index in [2.05, 4.69) is 9.59 Å². The van der Waals surface area contributed by atoms with Crippen LogP contribution in [0.5, 0.6) is 0 Å². The topological polar surface area (TPSA) is 51.8 Å². The molecule has 6 heteroatoms. The zero-order valence-electron chi connectivity index (χ0n) is 8.23. The zero-order chi connectivity index (χ0) is 11.5. The molecule has 0 spiro atoms. The highest BCUT2D eigenvalue weighted by Crippen LogP contribution is 2.19. The van der Waals surface area contributed by atoms with Crippen LogP contribution in [0.3, 0.4) is 0 Å². The van der Waals surface area contributed by atoms with Gasteiger partial charge in [-0.05, 0) is 30.1 Å². The van der Waals surface area contributed by atoms with Crippen LogP contribution in [0.2, 0.25) is 0 Å². The van der Waals surface area contributed by atoms with Crippen LogP contribution in [-0.2, 0) is 6.42 Å². The molecule has 0 radical (unpaired) electrons. The van der Waals surface area contributed by atoms with Crippen molar-refractivity contribution in [1.29, 1.82) is 0 Å². The van der Waals surface area contributed by atoms with E-state index in [1.807, 2.05) is 0 Å². The van der Waals surface area contributed by atoms with Crippen LogP contribution in [0.1, 0.15) is 17.3 Å². The summed E-state index contributed by atoms with van der Waals surface area (Å²) in [6, 6.07) is 3.21.